The van der Waals surface area contributed by atoms with Gasteiger partial charge in [-0.25, -0.2) is 0 Å². The van der Waals surface area contributed by atoms with E-state index < -0.39 is 5.97 Å². The summed E-state index contributed by atoms with van der Waals surface area (Å²) in [6.07, 6.45) is 6.18. The van der Waals surface area contributed by atoms with Gasteiger partial charge in [-0.05, 0) is 43.7 Å². The molecule has 0 aliphatic heterocycles. The lowest BCUT2D eigenvalue weighted by molar-refractivity contribution is -0.138. The van der Waals surface area contributed by atoms with E-state index in [1.807, 2.05) is 12.1 Å². The van der Waals surface area contributed by atoms with Gasteiger partial charge in [0.15, 0.2) is 0 Å². The first-order valence-corrected chi connectivity index (χ1v) is 5.51. The molecule has 1 saturated carbocycles. The molecule has 1 heterocycles. The molecule has 1 N–H and O–H groups in total. The number of carbonyl (C=O) groups is 1. The quantitative estimate of drug-likeness (QED) is 0.830. The van der Waals surface area contributed by atoms with E-state index >= 15 is 0 Å². The average Bonchev–Trinajstić information content (AvgIpc) is 2.71. The minimum absolute atomic E-state index is 0.324. The Balaban J connectivity index is 1.84. The monoisotopic (exact) mass is 208 g/mol. The first-order chi connectivity index (χ1) is 7.25. The number of hydrogen-bond acceptors (Lipinski definition) is 2. The van der Waals surface area contributed by atoms with Crippen molar-refractivity contribution in [2.45, 2.75) is 38.0 Å². The zero-order valence-corrected chi connectivity index (χ0v) is 8.69. The summed E-state index contributed by atoms with van der Waals surface area (Å²) in [7, 11) is 0. The van der Waals surface area contributed by atoms with Crippen molar-refractivity contribution < 1.29 is 14.3 Å². The molecule has 82 valence electrons. The first kappa shape index (κ1) is 10.3. The summed E-state index contributed by atoms with van der Waals surface area (Å²) < 4.78 is 5.37. The minimum Gasteiger partial charge on any atom is -0.481 e. The summed E-state index contributed by atoms with van der Waals surface area (Å²) in [6, 6.07) is 3.93. The van der Waals surface area contributed by atoms with Gasteiger partial charge in [0.1, 0.15) is 5.76 Å². The van der Waals surface area contributed by atoms with Crippen LogP contribution in [0.25, 0.3) is 0 Å². The second-order valence-corrected chi connectivity index (χ2v) is 4.33. The third-order valence-electron chi connectivity index (χ3n) is 3.26. The zero-order valence-electron chi connectivity index (χ0n) is 8.69. The van der Waals surface area contributed by atoms with E-state index in [9.17, 15) is 4.79 Å². The summed E-state index contributed by atoms with van der Waals surface area (Å²) in [4.78, 5) is 10.6. The van der Waals surface area contributed by atoms with E-state index in [2.05, 4.69) is 0 Å². The van der Waals surface area contributed by atoms with Crippen molar-refractivity contribution in [3.8, 4) is 0 Å². The van der Waals surface area contributed by atoms with Crippen LogP contribution in [0.5, 0.6) is 0 Å². The zero-order chi connectivity index (χ0) is 10.7. The van der Waals surface area contributed by atoms with Crippen LogP contribution in [0, 0.1) is 5.92 Å². The third-order valence-corrected chi connectivity index (χ3v) is 3.26. The molecule has 1 aromatic heterocycles. The Morgan fingerprint density at radius 2 is 2.13 bits per heavy atom. The highest BCUT2D eigenvalue weighted by molar-refractivity contribution is 5.67. The van der Waals surface area contributed by atoms with E-state index in [1.54, 1.807) is 6.26 Å². The predicted molar refractivity (Wildman–Crippen MR) is 55.7 cm³/mol. The highest BCUT2D eigenvalue weighted by atomic mass is 16.4. The molecule has 0 bridgehead atoms. The van der Waals surface area contributed by atoms with Gasteiger partial charge in [0.2, 0.25) is 0 Å². The van der Waals surface area contributed by atoms with E-state index in [-0.39, 0.29) is 0 Å². The first-order valence-electron chi connectivity index (χ1n) is 5.51. The smallest absolute Gasteiger partial charge is 0.303 e. The summed E-state index contributed by atoms with van der Waals surface area (Å²) in [5, 5.41) is 8.70. The molecule has 0 spiro atoms. The molecule has 0 aromatic carbocycles. The van der Waals surface area contributed by atoms with Gasteiger partial charge in [-0.2, -0.15) is 0 Å². The van der Waals surface area contributed by atoms with Crippen molar-refractivity contribution in [2.75, 3.05) is 0 Å². The SMILES string of the molecule is O=C(O)CC1CCC(c2ccco2)CC1. The van der Waals surface area contributed by atoms with Crippen LogP contribution in [0.3, 0.4) is 0 Å². The number of carboxylic acid groups (broad SMARTS) is 1. The molecule has 1 aliphatic carbocycles. The van der Waals surface area contributed by atoms with Crippen LogP contribution in [0.2, 0.25) is 0 Å². The molecule has 1 aliphatic rings. The summed E-state index contributed by atoms with van der Waals surface area (Å²) in [5.41, 5.74) is 0. The van der Waals surface area contributed by atoms with Crippen molar-refractivity contribution in [2.24, 2.45) is 5.92 Å². The Labute approximate surface area is 89.1 Å². The number of carboxylic acids is 1. The Morgan fingerprint density at radius 1 is 1.40 bits per heavy atom. The standard InChI is InChI=1S/C12H16O3/c13-12(14)8-9-3-5-10(6-4-9)11-2-1-7-15-11/h1-2,7,9-10H,3-6,8H2,(H,13,14). The van der Waals surface area contributed by atoms with Crippen molar-refractivity contribution in [3.05, 3.63) is 24.2 Å². The summed E-state index contributed by atoms with van der Waals surface area (Å²) >= 11 is 0. The molecule has 15 heavy (non-hydrogen) atoms. The van der Waals surface area contributed by atoms with Crippen molar-refractivity contribution in [3.63, 3.8) is 0 Å². The van der Waals surface area contributed by atoms with Crippen molar-refractivity contribution in [1.82, 2.24) is 0 Å². The average molecular weight is 208 g/mol. The van der Waals surface area contributed by atoms with Crippen LogP contribution in [0.15, 0.2) is 22.8 Å². The van der Waals surface area contributed by atoms with Crippen LogP contribution in [-0.2, 0) is 4.79 Å². The van der Waals surface area contributed by atoms with E-state index in [0.29, 0.717) is 18.3 Å². The number of aliphatic carboxylic acids is 1. The second kappa shape index (κ2) is 4.51. The van der Waals surface area contributed by atoms with E-state index in [0.717, 1.165) is 31.4 Å². The Morgan fingerprint density at radius 3 is 2.67 bits per heavy atom. The number of furan rings is 1. The van der Waals surface area contributed by atoms with Gasteiger partial charge in [-0.1, -0.05) is 0 Å². The van der Waals surface area contributed by atoms with E-state index in [4.69, 9.17) is 9.52 Å². The summed E-state index contributed by atoms with van der Waals surface area (Å²) in [6.45, 7) is 0. The molecule has 1 aromatic rings. The normalized spacial score (nSPS) is 26.4. The fraction of sp³-hybridized carbons (Fsp3) is 0.583. The summed E-state index contributed by atoms with van der Waals surface area (Å²) in [5.74, 6) is 1.26. The second-order valence-electron chi connectivity index (χ2n) is 4.33. The Kier molecular flexibility index (Phi) is 3.09. The van der Waals surface area contributed by atoms with Crippen LogP contribution in [-0.4, -0.2) is 11.1 Å². The molecular weight excluding hydrogens is 192 g/mol. The molecule has 0 unspecified atom stereocenters. The lowest BCUT2D eigenvalue weighted by Crippen LogP contribution is -2.15. The molecule has 3 heteroatoms. The maximum absolute atomic E-state index is 10.6. The number of hydrogen-bond donors (Lipinski definition) is 1. The highest BCUT2D eigenvalue weighted by Crippen LogP contribution is 2.36. The van der Waals surface area contributed by atoms with Crippen LogP contribution in [0.4, 0.5) is 0 Å². The van der Waals surface area contributed by atoms with Gasteiger partial charge in [0.25, 0.3) is 0 Å². The lowest BCUT2D eigenvalue weighted by Gasteiger charge is -2.26. The largest absolute Gasteiger partial charge is 0.481 e. The molecule has 2 rings (SSSR count). The molecule has 1 fully saturated rings. The van der Waals surface area contributed by atoms with Crippen LogP contribution < -0.4 is 0 Å². The maximum Gasteiger partial charge on any atom is 0.303 e. The molecule has 0 amide bonds. The van der Waals surface area contributed by atoms with Gasteiger partial charge in [-0.15, -0.1) is 0 Å². The fourth-order valence-electron chi connectivity index (χ4n) is 2.42. The minimum atomic E-state index is -0.670. The Hall–Kier alpha value is -1.25. The maximum atomic E-state index is 10.6. The van der Waals surface area contributed by atoms with E-state index in [1.165, 1.54) is 0 Å². The third kappa shape index (κ3) is 2.61. The molecular formula is C12H16O3. The van der Waals surface area contributed by atoms with Gasteiger partial charge < -0.3 is 9.52 Å². The molecule has 0 atom stereocenters. The fourth-order valence-corrected chi connectivity index (χ4v) is 2.42. The van der Waals surface area contributed by atoms with Crippen LogP contribution >= 0.6 is 0 Å². The van der Waals surface area contributed by atoms with Crippen LogP contribution in [0.1, 0.15) is 43.8 Å². The molecule has 0 radical (unpaired) electrons. The molecule has 3 nitrogen and oxygen atoms in total. The van der Waals surface area contributed by atoms with Gasteiger partial charge >= 0.3 is 5.97 Å². The Bertz CT molecular complexity index is 308. The molecule has 0 saturated heterocycles. The van der Waals surface area contributed by atoms with Gasteiger partial charge in [0, 0.05) is 12.3 Å². The predicted octanol–water partition coefficient (Wildman–Crippen LogP) is 3.03. The number of rotatable bonds is 3. The van der Waals surface area contributed by atoms with Crippen molar-refractivity contribution >= 4 is 5.97 Å². The highest BCUT2D eigenvalue weighted by Gasteiger charge is 2.25. The lowest BCUT2D eigenvalue weighted by atomic mass is 9.79. The van der Waals surface area contributed by atoms with Crippen molar-refractivity contribution in [1.29, 1.82) is 0 Å². The van der Waals surface area contributed by atoms with Gasteiger partial charge in [0.05, 0.1) is 6.26 Å². The van der Waals surface area contributed by atoms with Gasteiger partial charge in [-0.3, -0.25) is 4.79 Å². The topological polar surface area (TPSA) is 50.4 Å².